The largest absolute Gasteiger partial charge is 0.492 e. The number of fused-ring (bicyclic) bond motifs is 1. The fourth-order valence-corrected chi connectivity index (χ4v) is 2.60. The van der Waals surface area contributed by atoms with Crippen molar-refractivity contribution < 1.29 is 4.74 Å². The Morgan fingerprint density at radius 1 is 1.33 bits per heavy atom. The second-order valence-corrected chi connectivity index (χ2v) is 5.05. The molecule has 0 radical (unpaired) electrons. The SMILES string of the molecule is CCc1nc(Br)cc(-c2cccc3c2OCC3)n1. The van der Waals surface area contributed by atoms with Crippen molar-refractivity contribution in [2.75, 3.05) is 6.61 Å². The van der Waals surface area contributed by atoms with Gasteiger partial charge in [-0.25, -0.2) is 9.97 Å². The average Bonchev–Trinajstić information content (AvgIpc) is 2.85. The van der Waals surface area contributed by atoms with Gasteiger partial charge in [0.05, 0.1) is 12.3 Å². The number of hydrogen-bond donors (Lipinski definition) is 0. The van der Waals surface area contributed by atoms with Gasteiger partial charge in [-0.2, -0.15) is 0 Å². The van der Waals surface area contributed by atoms with Crippen LogP contribution >= 0.6 is 15.9 Å². The average molecular weight is 305 g/mol. The third kappa shape index (κ3) is 2.01. The lowest BCUT2D eigenvalue weighted by atomic mass is 10.1. The van der Waals surface area contributed by atoms with Crippen LogP contribution < -0.4 is 4.74 Å². The maximum absolute atomic E-state index is 5.72. The summed E-state index contributed by atoms with van der Waals surface area (Å²) in [5.74, 6) is 1.82. The lowest BCUT2D eigenvalue weighted by molar-refractivity contribution is 0.358. The Balaban J connectivity index is 2.15. The molecule has 0 fully saturated rings. The molecule has 4 heteroatoms. The third-order valence-electron chi connectivity index (χ3n) is 3.05. The van der Waals surface area contributed by atoms with Crippen LogP contribution in [0.15, 0.2) is 28.9 Å². The minimum atomic E-state index is 0.763. The van der Waals surface area contributed by atoms with E-state index in [1.807, 2.05) is 6.07 Å². The number of benzene rings is 1. The third-order valence-corrected chi connectivity index (χ3v) is 3.45. The van der Waals surface area contributed by atoms with E-state index in [4.69, 9.17) is 4.74 Å². The van der Waals surface area contributed by atoms with Crippen LogP contribution in [0.5, 0.6) is 5.75 Å². The lowest BCUT2D eigenvalue weighted by Crippen LogP contribution is -1.97. The van der Waals surface area contributed by atoms with Crippen molar-refractivity contribution in [1.29, 1.82) is 0 Å². The molecule has 1 aromatic heterocycles. The van der Waals surface area contributed by atoms with Gasteiger partial charge in [-0.1, -0.05) is 19.1 Å². The number of ether oxygens (including phenoxy) is 1. The maximum Gasteiger partial charge on any atom is 0.132 e. The van der Waals surface area contributed by atoms with Crippen molar-refractivity contribution in [3.8, 4) is 17.0 Å². The Morgan fingerprint density at radius 2 is 2.22 bits per heavy atom. The fraction of sp³-hybridized carbons (Fsp3) is 0.286. The van der Waals surface area contributed by atoms with Crippen LogP contribution in [0, 0.1) is 0 Å². The number of halogens is 1. The van der Waals surface area contributed by atoms with E-state index in [0.717, 1.165) is 46.9 Å². The van der Waals surface area contributed by atoms with Crippen LogP contribution in [-0.2, 0) is 12.8 Å². The summed E-state index contributed by atoms with van der Waals surface area (Å²) in [6, 6.07) is 8.17. The van der Waals surface area contributed by atoms with E-state index in [2.05, 4.69) is 51.0 Å². The molecule has 2 heterocycles. The lowest BCUT2D eigenvalue weighted by Gasteiger charge is -2.08. The zero-order valence-corrected chi connectivity index (χ0v) is 11.7. The summed E-state index contributed by atoms with van der Waals surface area (Å²) in [5.41, 5.74) is 3.25. The molecule has 0 unspecified atom stereocenters. The normalized spacial score (nSPS) is 13.2. The molecule has 1 aromatic carbocycles. The van der Waals surface area contributed by atoms with Gasteiger partial charge in [0.2, 0.25) is 0 Å². The van der Waals surface area contributed by atoms with Crippen molar-refractivity contribution in [3.05, 3.63) is 40.3 Å². The molecule has 0 bridgehead atoms. The number of hydrogen-bond acceptors (Lipinski definition) is 3. The second kappa shape index (κ2) is 4.69. The number of aromatic nitrogens is 2. The van der Waals surface area contributed by atoms with Gasteiger partial charge in [0.25, 0.3) is 0 Å². The first-order valence-electron chi connectivity index (χ1n) is 6.06. The molecular weight excluding hydrogens is 292 g/mol. The Kier molecular flexibility index (Phi) is 3.04. The van der Waals surface area contributed by atoms with Gasteiger partial charge in [-0.15, -0.1) is 0 Å². The molecule has 0 N–H and O–H groups in total. The Hall–Kier alpha value is -1.42. The van der Waals surface area contributed by atoms with E-state index in [1.54, 1.807) is 0 Å². The highest BCUT2D eigenvalue weighted by Gasteiger charge is 2.18. The molecule has 3 nitrogen and oxygen atoms in total. The first kappa shape index (κ1) is 11.7. The second-order valence-electron chi connectivity index (χ2n) is 4.24. The smallest absolute Gasteiger partial charge is 0.132 e. The molecule has 3 rings (SSSR count). The molecule has 1 aliphatic rings. The fourth-order valence-electron chi connectivity index (χ4n) is 2.18. The van der Waals surface area contributed by atoms with E-state index >= 15 is 0 Å². The van der Waals surface area contributed by atoms with Gasteiger partial charge in [0.1, 0.15) is 16.2 Å². The molecular formula is C14H13BrN2O. The van der Waals surface area contributed by atoms with E-state index in [0.29, 0.717) is 0 Å². The predicted molar refractivity (Wildman–Crippen MR) is 73.7 cm³/mol. The topological polar surface area (TPSA) is 35.0 Å². The summed E-state index contributed by atoms with van der Waals surface area (Å²) in [7, 11) is 0. The zero-order chi connectivity index (χ0) is 12.5. The van der Waals surface area contributed by atoms with E-state index in [1.165, 1.54) is 5.56 Å². The van der Waals surface area contributed by atoms with E-state index in [-0.39, 0.29) is 0 Å². The Labute approximate surface area is 114 Å². The van der Waals surface area contributed by atoms with Crippen LogP contribution in [0.25, 0.3) is 11.3 Å². The number of nitrogens with zero attached hydrogens (tertiary/aromatic N) is 2. The van der Waals surface area contributed by atoms with Gasteiger partial charge in [-0.05, 0) is 33.6 Å². The van der Waals surface area contributed by atoms with Crippen molar-refractivity contribution >= 4 is 15.9 Å². The van der Waals surface area contributed by atoms with E-state index < -0.39 is 0 Å². The molecule has 0 atom stereocenters. The summed E-state index contributed by atoms with van der Waals surface area (Å²) in [4.78, 5) is 8.91. The van der Waals surface area contributed by atoms with Crippen molar-refractivity contribution in [2.24, 2.45) is 0 Å². The van der Waals surface area contributed by atoms with Gasteiger partial charge in [0, 0.05) is 18.4 Å². The molecule has 0 saturated carbocycles. The first-order chi connectivity index (χ1) is 8.78. The molecule has 18 heavy (non-hydrogen) atoms. The van der Waals surface area contributed by atoms with Gasteiger partial charge >= 0.3 is 0 Å². The summed E-state index contributed by atoms with van der Waals surface area (Å²) in [6.45, 7) is 2.82. The number of rotatable bonds is 2. The van der Waals surface area contributed by atoms with Gasteiger partial charge in [-0.3, -0.25) is 0 Å². The monoisotopic (exact) mass is 304 g/mol. The predicted octanol–water partition coefficient (Wildman–Crippen LogP) is 3.40. The highest BCUT2D eigenvalue weighted by molar-refractivity contribution is 9.10. The quantitative estimate of drug-likeness (QED) is 0.798. The standard InChI is InChI=1S/C14H13BrN2O/c1-2-13-16-11(8-12(15)17-13)10-5-3-4-9-6-7-18-14(9)10/h3-5,8H,2,6-7H2,1H3. The molecule has 2 aromatic rings. The van der Waals surface area contributed by atoms with Gasteiger partial charge in [0.15, 0.2) is 0 Å². The molecule has 0 saturated heterocycles. The van der Waals surface area contributed by atoms with Crippen molar-refractivity contribution in [1.82, 2.24) is 9.97 Å². The number of para-hydroxylation sites is 1. The Bertz CT molecular complexity index is 598. The van der Waals surface area contributed by atoms with Crippen molar-refractivity contribution in [2.45, 2.75) is 19.8 Å². The van der Waals surface area contributed by atoms with Crippen LogP contribution in [0.4, 0.5) is 0 Å². The first-order valence-corrected chi connectivity index (χ1v) is 6.85. The van der Waals surface area contributed by atoms with Crippen molar-refractivity contribution in [3.63, 3.8) is 0 Å². The Morgan fingerprint density at radius 3 is 3.06 bits per heavy atom. The van der Waals surface area contributed by atoms with Gasteiger partial charge < -0.3 is 4.74 Å². The van der Waals surface area contributed by atoms with Crippen LogP contribution in [0.2, 0.25) is 0 Å². The zero-order valence-electron chi connectivity index (χ0n) is 10.1. The van der Waals surface area contributed by atoms with Crippen LogP contribution in [0.3, 0.4) is 0 Å². The minimum Gasteiger partial charge on any atom is -0.492 e. The summed E-state index contributed by atoms with van der Waals surface area (Å²) in [5, 5.41) is 0. The summed E-state index contributed by atoms with van der Waals surface area (Å²) in [6.07, 6.45) is 1.80. The summed E-state index contributed by atoms with van der Waals surface area (Å²) < 4.78 is 6.54. The molecule has 0 amide bonds. The highest BCUT2D eigenvalue weighted by Crippen LogP contribution is 2.36. The molecule has 0 aliphatic carbocycles. The summed E-state index contributed by atoms with van der Waals surface area (Å²) >= 11 is 3.44. The molecule has 92 valence electrons. The number of aryl methyl sites for hydroxylation is 1. The molecule has 0 spiro atoms. The maximum atomic E-state index is 5.72. The molecule has 1 aliphatic heterocycles. The van der Waals surface area contributed by atoms with Crippen LogP contribution in [-0.4, -0.2) is 16.6 Å². The highest BCUT2D eigenvalue weighted by atomic mass is 79.9. The minimum absolute atomic E-state index is 0.763. The van der Waals surface area contributed by atoms with E-state index in [9.17, 15) is 0 Å². The van der Waals surface area contributed by atoms with Crippen LogP contribution in [0.1, 0.15) is 18.3 Å².